The average Bonchev–Trinajstić information content (AvgIpc) is 3.81. The first-order valence-corrected chi connectivity index (χ1v) is 30.8. The third-order valence-corrected chi connectivity index (χ3v) is 20.2. The quantitative estimate of drug-likeness (QED) is 0.0908. The summed E-state index contributed by atoms with van der Waals surface area (Å²) in [5.41, 5.74) is 7.54. The van der Waals surface area contributed by atoms with E-state index in [1.165, 1.54) is 12.8 Å². The van der Waals surface area contributed by atoms with Gasteiger partial charge in [0.25, 0.3) is 11.7 Å². The van der Waals surface area contributed by atoms with E-state index in [4.69, 9.17) is 25.1 Å². The highest BCUT2D eigenvalue weighted by Gasteiger charge is 2.72. The summed E-state index contributed by atoms with van der Waals surface area (Å²) < 4.78 is 91.6. The van der Waals surface area contributed by atoms with Gasteiger partial charge in [-0.25, -0.2) is 45.3 Å². The predicted molar refractivity (Wildman–Crippen MR) is 292 cm³/mol. The van der Waals surface area contributed by atoms with Crippen LogP contribution in [0, 0.1) is 36.5 Å². The number of aromatic nitrogens is 10. The summed E-state index contributed by atoms with van der Waals surface area (Å²) in [5.74, 6) is -3.44. The molecule has 2 aromatic carbocycles. The number of halogens is 2. The smallest absolute Gasteiger partial charge is 0.303 e. The van der Waals surface area contributed by atoms with Crippen molar-refractivity contribution in [3.8, 4) is 34.2 Å². The van der Waals surface area contributed by atoms with Crippen molar-refractivity contribution in [2.75, 3.05) is 106 Å². The molecule has 3 atom stereocenters. The maximum Gasteiger partial charge on any atom is 0.303 e. The number of aliphatic hydroxyl groups is 2. The maximum absolute atomic E-state index is 14.4. The Labute approximate surface area is 457 Å². The Morgan fingerprint density at radius 3 is 1.94 bits per heavy atom. The third kappa shape index (κ3) is 9.99. The Hall–Kier alpha value is -6.64. The van der Waals surface area contributed by atoms with Crippen LogP contribution in [0.25, 0.3) is 34.2 Å². The van der Waals surface area contributed by atoms with Crippen LogP contribution >= 0.6 is 0 Å². The first-order valence-electron chi connectivity index (χ1n) is 27.5. The molecule has 8 heterocycles. The highest BCUT2D eigenvalue weighted by atomic mass is 32.2. The number of benzene rings is 2. The fraction of sp³-hybridized carbons (Fsp3) is 0.547. The average molecular weight is 1120 g/mol. The molecule has 26 heteroatoms. The highest BCUT2D eigenvalue weighted by Crippen LogP contribution is 2.64. The molecule has 3 unspecified atom stereocenters. The zero-order valence-electron chi connectivity index (χ0n) is 44.2. The molecule has 0 amide bonds. The molecule has 0 bridgehead atoms. The number of hydrogen-bond acceptors (Lipinski definition) is 17. The van der Waals surface area contributed by atoms with Crippen molar-refractivity contribution in [2.24, 2.45) is 22.7 Å². The second-order valence-electron chi connectivity index (χ2n) is 23.0. The molecule has 4 saturated heterocycles. The molecule has 3 saturated carbocycles. The highest BCUT2D eigenvalue weighted by molar-refractivity contribution is 7.93. The number of piperidine rings is 3. The van der Waals surface area contributed by atoms with Gasteiger partial charge in [-0.2, -0.15) is 4.68 Å². The molecule has 79 heavy (non-hydrogen) atoms. The lowest BCUT2D eigenvalue weighted by atomic mass is 9.91. The van der Waals surface area contributed by atoms with Crippen molar-refractivity contribution < 1.29 is 40.5 Å². The van der Waals surface area contributed by atoms with Gasteiger partial charge in [-0.3, -0.25) is 9.44 Å². The molecule has 0 radical (unpaired) electrons. The van der Waals surface area contributed by atoms with Gasteiger partial charge in [-0.1, -0.05) is 10.2 Å². The number of nitrogens with one attached hydrogen (secondary N) is 2. The van der Waals surface area contributed by atoms with Crippen LogP contribution < -0.4 is 33.7 Å². The first-order chi connectivity index (χ1) is 37.9. The molecule has 2 spiro atoms. The summed E-state index contributed by atoms with van der Waals surface area (Å²) >= 11 is 0. The summed E-state index contributed by atoms with van der Waals surface area (Å²) in [4.78, 5) is 27.8. The van der Waals surface area contributed by atoms with Crippen molar-refractivity contribution in [3.05, 3.63) is 72.3 Å². The molecule has 418 valence electrons. The van der Waals surface area contributed by atoms with Gasteiger partial charge in [0, 0.05) is 91.7 Å². The van der Waals surface area contributed by atoms with Crippen molar-refractivity contribution in [3.63, 3.8) is 0 Å². The lowest BCUT2D eigenvalue weighted by molar-refractivity contribution is -0.665. The topological polar surface area (TPSA) is 250 Å². The predicted octanol–water partition coefficient (Wildman–Crippen LogP) is 4.65. The molecule has 6 aromatic rings. The van der Waals surface area contributed by atoms with Crippen molar-refractivity contribution in [1.29, 1.82) is 0 Å². The number of alkyl halides is 2. The maximum atomic E-state index is 14.4. The van der Waals surface area contributed by atoms with E-state index in [2.05, 4.69) is 39.1 Å². The minimum atomic E-state index is -3.85. The Balaban J connectivity index is 0.838. The summed E-state index contributed by atoms with van der Waals surface area (Å²) in [6.07, 6.45) is 12.8. The van der Waals surface area contributed by atoms with E-state index in [1.807, 2.05) is 61.5 Å². The summed E-state index contributed by atoms with van der Waals surface area (Å²) in [6.45, 7) is 7.68. The van der Waals surface area contributed by atoms with Gasteiger partial charge < -0.3 is 29.8 Å². The van der Waals surface area contributed by atoms with Crippen molar-refractivity contribution in [1.82, 2.24) is 44.8 Å². The largest absolute Gasteiger partial charge is 0.395 e. The van der Waals surface area contributed by atoms with Gasteiger partial charge >= 0.3 is 5.95 Å². The molecule has 4 aliphatic heterocycles. The van der Waals surface area contributed by atoms with Gasteiger partial charge in [0.1, 0.15) is 17.9 Å². The van der Waals surface area contributed by atoms with E-state index < -0.39 is 62.5 Å². The van der Waals surface area contributed by atoms with E-state index in [1.54, 1.807) is 27.6 Å². The Morgan fingerprint density at radius 2 is 1.28 bits per heavy atom. The molecule has 13 rings (SSSR count). The van der Waals surface area contributed by atoms with Gasteiger partial charge in [-0.05, 0) is 120 Å². The van der Waals surface area contributed by atoms with Crippen molar-refractivity contribution in [2.45, 2.75) is 83.6 Å². The van der Waals surface area contributed by atoms with Crippen LogP contribution in [-0.2, 0) is 20.0 Å². The SMILES string of the molecule is Cc1cc(-c2cn(-c3ccc(NS(=O)(=O)CCO)cc3N3CCC4(CC3)CC4n3n[n+](-c4cc(C)nc(N5CC6C(C5)C6(F)F)n4)cc3-c3ccc(NS(=O)(=O)CCO)cc3N3CCC4(CC3)CC4)nn2)nc(N2CCCC2)n1. The molecule has 3 aliphatic carbocycles. The number of nitrogens with zero attached hydrogens (tertiary/aromatic N) is 14. The zero-order valence-corrected chi connectivity index (χ0v) is 45.8. The van der Waals surface area contributed by atoms with Gasteiger partial charge in [0.05, 0.1) is 71.2 Å². The van der Waals surface area contributed by atoms with Crippen LogP contribution in [0.5, 0.6) is 0 Å². The Kier molecular flexibility index (Phi) is 12.6. The van der Waals surface area contributed by atoms with Crippen LogP contribution in [0.1, 0.15) is 75.2 Å². The van der Waals surface area contributed by atoms with E-state index in [-0.39, 0.29) is 24.5 Å². The lowest BCUT2D eigenvalue weighted by Crippen LogP contribution is -2.38. The normalized spacial score (nSPS) is 22.7. The summed E-state index contributed by atoms with van der Waals surface area (Å²) in [7, 11) is -7.68. The number of sulfonamides is 2. The molecular formula is C53H65F2N16O6S2+. The van der Waals surface area contributed by atoms with Crippen LogP contribution in [0.4, 0.5) is 43.4 Å². The first kappa shape index (κ1) is 51.8. The fourth-order valence-electron chi connectivity index (χ4n) is 12.7. The summed E-state index contributed by atoms with van der Waals surface area (Å²) in [5, 5.41) is 33.6. The molecule has 4 N–H and O–H groups in total. The minimum Gasteiger partial charge on any atom is -0.395 e. The van der Waals surface area contributed by atoms with Crippen LogP contribution in [0.2, 0.25) is 0 Å². The number of anilines is 6. The standard InChI is InChI=1S/C53H65F2N16O6S2/c1-34-25-41(58-49(56-34)67-15-3-4-16-67)42-32-69(63-60-42)43-8-6-37(62-79(76,77)24-22-73)28-45(43)66-19-13-52(14-20-66)29-47(52)71-46(33-70(64-71)48-26-35(2)57-50(59-48)68-30-39-40(31-68)53(39,54)55)38-7-5-36(61-78(74,75)23-21-72)27-44(38)65-17-11-51(9-10-51)12-18-65/h5-8,25-28,32-33,39-40,47,61-62,72-73H,3-4,9-24,29-31H2,1-2H3/q+1. The number of aliphatic hydroxyl groups excluding tert-OH is 2. The number of aryl methyl sites for hydroxylation is 2. The van der Waals surface area contributed by atoms with Crippen LogP contribution in [0.3, 0.4) is 0 Å². The van der Waals surface area contributed by atoms with Gasteiger partial charge in [0.15, 0.2) is 5.69 Å². The van der Waals surface area contributed by atoms with E-state index in [9.17, 15) is 35.8 Å². The van der Waals surface area contributed by atoms with E-state index in [0.717, 1.165) is 99.5 Å². The minimum absolute atomic E-state index is 0.0661. The van der Waals surface area contributed by atoms with Crippen molar-refractivity contribution >= 4 is 54.7 Å². The fourth-order valence-corrected chi connectivity index (χ4v) is 14.4. The molecule has 7 aliphatic rings. The van der Waals surface area contributed by atoms with Gasteiger partial charge in [0.2, 0.25) is 26.0 Å². The van der Waals surface area contributed by atoms with E-state index >= 15 is 0 Å². The van der Waals surface area contributed by atoms with Crippen LogP contribution in [0.15, 0.2) is 60.9 Å². The zero-order chi connectivity index (χ0) is 54.6. The molecular weight excluding hydrogens is 1060 g/mol. The summed E-state index contributed by atoms with van der Waals surface area (Å²) in [6, 6.07) is 14.5. The molecule has 7 fully saturated rings. The Morgan fingerprint density at radius 1 is 0.671 bits per heavy atom. The monoisotopic (exact) mass is 1120 g/mol. The second-order valence-corrected chi connectivity index (χ2v) is 26.7. The lowest BCUT2D eigenvalue weighted by Gasteiger charge is -2.35. The molecule has 22 nitrogen and oxygen atoms in total. The number of hydrogen-bond donors (Lipinski definition) is 4. The van der Waals surface area contributed by atoms with Gasteiger partial charge in [-0.15, -0.1) is 9.78 Å². The Bertz CT molecular complexity index is 3560. The third-order valence-electron chi connectivity index (χ3n) is 17.6. The number of rotatable bonds is 17. The molecule has 4 aromatic heterocycles. The van der Waals surface area contributed by atoms with E-state index in [0.29, 0.717) is 70.4 Å². The number of fused-ring (bicyclic) bond motifs is 1. The second kappa shape index (κ2) is 19.3. The van der Waals surface area contributed by atoms with Crippen LogP contribution in [-0.4, -0.2) is 155 Å².